The molecule has 4 rings (SSSR count). The molecule has 0 spiro atoms. The van der Waals surface area contributed by atoms with Gasteiger partial charge in [0.2, 0.25) is 0 Å². The van der Waals surface area contributed by atoms with Gasteiger partial charge in [0.15, 0.2) is 0 Å². The lowest BCUT2D eigenvalue weighted by molar-refractivity contribution is 0.250. The first-order valence-electron chi connectivity index (χ1n) is 9.73. The number of hydrogen-bond donors (Lipinski definition) is 0. The van der Waals surface area contributed by atoms with Gasteiger partial charge in [-0.3, -0.25) is 0 Å². The van der Waals surface area contributed by atoms with E-state index in [1.54, 1.807) is 0 Å². The maximum Gasteiger partial charge on any atom is 0.129 e. The second kappa shape index (κ2) is 7.89. The average Bonchev–Trinajstić information content (AvgIpc) is 2.72. The standard InChI is InChI=1S/C23H25N3O/c1-3-26(4-2)14-9-15-27-22-16-21-23(18-11-6-5-10-17(18)22)25-20-13-8-7-12-19(20)24-21/h5-8,10-13,16H,3-4,9,14-15H2,1-2H3. The lowest BCUT2D eigenvalue weighted by Crippen LogP contribution is -2.25. The van der Waals surface area contributed by atoms with E-state index in [1.165, 1.54) is 0 Å². The van der Waals surface area contributed by atoms with E-state index >= 15 is 0 Å². The fourth-order valence-electron chi connectivity index (χ4n) is 3.55. The van der Waals surface area contributed by atoms with Crippen LogP contribution in [0.25, 0.3) is 32.8 Å². The summed E-state index contributed by atoms with van der Waals surface area (Å²) >= 11 is 0. The molecule has 0 aliphatic rings. The first-order valence-corrected chi connectivity index (χ1v) is 9.73. The summed E-state index contributed by atoms with van der Waals surface area (Å²) in [5, 5.41) is 2.18. The highest BCUT2D eigenvalue weighted by molar-refractivity contribution is 6.08. The first kappa shape index (κ1) is 17.7. The van der Waals surface area contributed by atoms with Gasteiger partial charge >= 0.3 is 0 Å². The van der Waals surface area contributed by atoms with Crippen molar-refractivity contribution in [2.75, 3.05) is 26.2 Å². The molecule has 0 saturated carbocycles. The maximum absolute atomic E-state index is 6.18. The predicted octanol–water partition coefficient (Wildman–Crippen LogP) is 5.05. The van der Waals surface area contributed by atoms with Crippen LogP contribution >= 0.6 is 0 Å². The van der Waals surface area contributed by atoms with Gasteiger partial charge in [-0.25, -0.2) is 9.97 Å². The summed E-state index contributed by atoms with van der Waals surface area (Å²) in [4.78, 5) is 12.1. The smallest absolute Gasteiger partial charge is 0.129 e. The Bertz CT molecular complexity index is 1070. The minimum Gasteiger partial charge on any atom is -0.493 e. The average molecular weight is 359 g/mol. The van der Waals surface area contributed by atoms with Crippen LogP contribution in [-0.4, -0.2) is 41.1 Å². The van der Waals surface area contributed by atoms with Crippen LogP contribution in [0.3, 0.4) is 0 Å². The van der Waals surface area contributed by atoms with E-state index < -0.39 is 0 Å². The summed E-state index contributed by atoms with van der Waals surface area (Å²) in [7, 11) is 0. The van der Waals surface area contributed by atoms with E-state index in [1.807, 2.05) is 42.5 Å². The van der Waals surface area contributed by atoms with Gasteiger partial charge in [0.1, 0.15) is 5.75 Å². The molecular weight excluding hydrogens is 334 g/mol. The number of para-hydroxylation sites is 2. The Balaban J connectivity index is 1.70. The van der Waals surface area contributed by atoms with E-state index in [2.05, 4.69) is 30.9 Å². The van der Waals surface area contributed by atoms with Crippen molar-refractivity contribution in [1.29, 1.82) is 0 Å². The largest absolute Gasteiger partial charge is 0.493 e. The summed E-state index contributed by atoms with van der Waals surface area (Å²) < 4.78 is 6.18. The molecule has 1 aromatic heterocycles. The number of aromatic nitrogens is 2. The quantitative estimate of drug-likeness (QED) is 0.263. The van der Waals surface area contributed by atoms with Gasteiger partial charge in [0.05, 0.1) is 28.7 Å². The minimum atomic E-state index is 0.701. The van der Waals surface area contributed by atoms with Crippen LogP contribution in [0, 0.1) is 0 Å². The normalized spacial score (nSPS) is 11.7. The molecule has 0 radical (unpaired) electrons. The topological polar surface area (TPSA) is 38.2 Å². The zero-order valence-corrected chi connectivity index (χ0v) is 16.0. The maximum atomic E-state index is 6.18. The monoisotopic (exact) mass is 359 g/mol. The molecule has 0 N–H and O–H groups in total. The number of hydrogen-bond acceptors (Lipinski definition) is 4. The van der Waals surface area contributed by atoms with Crippen molar-refractivity contribution in [3.05, 3.63) is 54.6 Å². The molecule has 0 amide bonds. The summed E-state index contributed by atoms with van der Waals surface area (Å²) in [6.07, 6.45) is 1.01. The third-order valence-corrected chi connectivity index (χ3v) is 5.08. The molecule has 138 valence electrons. The van der Waals surface area contributed by atoms with E-state index in [4.69, 9.17) is 14.7 Å². The molecule has 0 bridgehead atoms. The molecule has 0 aliphatic carbocycles. The molecule has 0 saturated heterocycles. The van der Waals surface area contributed by atoms with Crippen LogP contribution in [0.5, 0.6) is 5.75 Å². The number of rotatable bonds is 7. The van der Waals surface area contributed by atoms with Crippen LogP contribution in [0.1, 0.15) is 20.3 Å². The van der Waals surface area contributed by atoms with Crippen LogP contribution < -0.4 is 4.74 Å². The molecule has 3 aromatic carbocycles. The van der Waals surface area contributed by atoms with Crippen molar-refractivity contribution in [2.24, 2.45) is 0 Å². The number of ether oxygens (including phenoxy) is 1. The van der Waals surface area contributed by atoms with Crippen molar-refractivity contribution in [3.63, 3.8) is 0 Å². The summed E-state index contributed by atoms with van der Waals surface area (Å²) in [6.45, 7) is 8.32. The van der Waals surface area contributed by atoms with Crippen LogP contribution in [0.15, 0.2) is 54.6 Å². The molecule has 0 fully saturated rings. The van der Waals surface area contributed by atoms with Crippen molar-refractivity contribution in [3.8, 4) is 5.75 Å². The molecular formula is C23H25N3O. The Morgan fingerprint density at radius 3 is 2.22 bits per heavy atom. The zero-order valence-electron chi connectivity index (χ0n) is 16.0. The highest BCUT2D eigenvalue weighted by atomic mass is 16.5. The second-order valence-corrected chi connectivity index (χ2v) is 6.73. The summed E-state index contributed by atoms with van der Waals surface area (Å²) in [5.74, 6) is 0.891. The lowest BCUT2D eigenvalue weighted by atomic mass is 10.1. The molecule has 0 aliphatic heterocycles. The fourth-order valence-corrected chi connectivity index (χ4v) is 3.55. The van der Waals surface area contributed by atoms with Gasteiger partial charge in [0.25, 0.3) is 0 Å². The highest BCUT2D eigenvalue weighted by Gasteiger charge is 2.11. The van der Waals surface area contributed by atoms with Crippen molar-refractivity contribution in [1.82, 2.24) is 14.9 Å². The third-order valence-electron chi connectivity index (χ3n) is 5.08. The van der Waals surface area contributed by atoms with Crippen molar-refractivity contribution < 1.29 is 4.74 Å². The second-order valence-electron chi connectivity index (χ2n) is 6.73. The minimum absolute atomic E-state index is 0.701. The molecule has 1 heterocycles. The van der Waals surface area contributed by atoms with Gasteiger partial charge in [-0.15, -0.1) is 0 Å². The van der Waals surface area contributed by atoms with Crippen molar-refractivity contribution in [2.45, 2.75) is 20.3 Å². The van der Waals surface area contributed by atoms with Crippen LogP contribution in [0.4, 0.5) is 0 Å². The van der Waals surface area contributed by atoms with Gasteiger partial charge in [-0.2, -0.15) is 0 Å². The summed E-state index contributed by atoms with van der Waals surface area (Å²) in [5.41, 5.74) is 3.64. The molecule has 4 aromatic rings. The molecule has 4 nitrogen and oxygen atoms in total. The number of benzene rings is 3. The Hall–Kier alpha value is -2.72. The van der Waals surface area contributed by atoms with Crippen LogP contribution in [0.2, 0.25) is 0 Å². The molecule has 27 heavy (non-hydrogen) atoms. The highest BCUT2D eigenvalue weighted by Crippen LogP contribution is 2.32. The molecule has 0 unspecified atom stereocenters. The SMILES string of the molecule is CCN(CC)CCCOc1cc2nc3ccccc3nc2c2ccccc12. The van der Waals surface area contributed by atoms with E-state index in [9.17, 15) is 0 Å². The van der Waals surface area contributed by atoms with E-state index in [0.717, 1.165) is 64.6 Å². The third kappa shape index (κ3) is 3.58. The number of fused-ring (bicyclic) bond motifs is 4. The lowest BCUT2D eigenvalue weighted by Gasteiger charge is -2.18. The molecule has 0 atom stereocenters. The molecule has 4 heteroatoms. The van der Waals surface area contributed by atoms with Crippen molar-refractivity contribution >= 4 is 32.8 Å². The van der Waals surface area contributed by atoms with Gasteiger partial charge in [-0.05, 0) is 31.6 Å². The zero-order chi connectivity index (χ0) is 18.6. The first-order chi connectivity index (χ1) is 13.3. The van der Waals surface area contributed by atoms with Gasteiger partial charge < -0.3 is 9.64 Å². The predicted molar refractivity (Wildman–Crippen MR) is 112 cm³/mol. The van der Waals surface area contributed by atoms with Gasteiger partial charge in [-0.1, -0.05) is 50.2 Å². The summed E-state index contributed by atoms with van der Waals surface area (Å²) in [6, 6.07) is 18.3. The Kier molecular flexibility index (Phi) is 5.16. The van der Waals surface area contributed by atoms with E-state index in [0.29, 0.717) is 6.61 Å². The Labute approximate surface area is 159 Å². The van der Waals surface area contributed by atoms with E-state index in [-0.39, 0.29) is 0 Å². The number of nitrogens with zero attached hydrogens (tertiary/aromatic N) is 3. The van der Waals surface area contributed by atoms with Gasteiger partial charge in [0, 0.05) is 23.4 Å². The van der Waals surface area contributed by atoms with Crippen LogP contribution in [-0.2, 0) is 0 Å². The Morgan fingerprint density at radius 1 is 0.815 bits per heavy atom. The Morgan fingerprint density at radius 2 is 1.48 bits per heavy atom. The fraction of sp³-hybridized carbons (Fsp3) is 0.304.